The number of aromatic nitrogens is 3. The Morgan fingerprint density at radius 3 is 2.41 bits per heavy atom. The summed E-state index contributed by atoms with van der Waals surface area (Å²) in [5.41, 5.74) is 1.94. The number of ether oxygens (including phenoxy) is 1. The number of pyridine rings is 1. The van der Waals surface area contributed by atoms with Crippen molar-refractivity contribution in [2.45, 2.75) is 57.7 Å². The van der Waals surface area contributed by atoms with E-state index in [-0.39, 0.29) is 17.2 Å². The van der Waals surface area contributed by atoms with Gasteiger partial charge < -0.3 is 10.1 Å². The average Bonchev–Trinajstić information content (AvgIpc) is 2.59. The van der Waals surface area contributed by atoms with Crippen LogP contribution in [-0.4, -0.2) is 32.4 Å². The van der Waals surface area contributed by atoms with E-state index in [2.05, 4.69) is 66.4 Å². The highest BCUT2D eigenvalue weighted by Crippen LogP contribution is 2.31. The molecule has 27 heavy (non-hydrogen) atoms. The standard InChI is InChI=1S/C22H26N4O/c1-21(2)12-18(13-22(3,4)26-21)27-20-8-7-19(24-25-20)16-6-5-15-9-10-23-14-17(15)11-16/h5-11,14,18,26H,12-13H2,1-4H3. The molecule has 0 atom stereocenters. The van der Waals surface area contributed by atoms with Gasteiger partial charge in [0.05, 0.1) is 5.69 Å². The Labute approximate surface area is 160 Å². The molecule has 0 amide bonds. The first kappa shape index (κ1) is 17.9. The maximum absolute atomic E-state index is 6.16. The fourth-order valence-electron chi connectivity index (χ4n) is 4.26. The highest BCUT2D eigenvalue weighted by Gasteiger charge is 2.38. The van der Waals surface area contributed by atoms with Crippen LogP contribution in [0.5, 0.6) is 5.88 Å². The van der Waals surface area contributed by atoms with Gasteiger partial charge in [-0.15, -0.1) is 10.2 Å². The zero-order valence-electron chi connectivity index (χ0n) is 16.4. The lowest BCUT2D eigenvalue weighted by Crippen LogP contribution is -2.60. The summed E-state index contributed by atoms with van der Waals surface area (Å²) >= 11 is 0. The second-order valence-corrected chi connectivity index (χ2v) is 8.74. The van der Waals surface area contributed by atoms with Crippen LogP contribution in [0, 0.1) is 0 Å². The molecule has 4 rings (SSSR count). The molecule has 2 aromatic heterocycles. The summed E-state index contributed by atoms with van der Waals surface area (Å²) in [5.74, 6) is 0.583. The van der Waals surface area contributed by atoms with Crippen molar-refractivity contribution in [1.82, 2.24) is 20.5 Å². The molecule has 0 aliphatic carbocycles. The van der Waals surface area contributed by atoms with Crippen LogP contribution < -0.4 is 10.1 Å². The molecule has 1 N–H and O–H groups in total. The molecule has 1 aliphatic heterocycles. The van der Waals surface area contributed by atoms with E-state index in [1.165, 1.54) is 0 Å². The predicted molar refractivity (Wildman–Crippen MR) is 108 cm³/mol. The monoisotopic (exact) mass is 362 g/mol. The van der Waals surface area contributed by atoms with Crippen molar-refractivity contribution in [3.8, 4) is 17.1 Å². The van der Waals surface area contributed by atoms with E-state index in [0.717, 1.165) is 34.9 Å². The van der Waals surface area contributed by atoms with Gasteiger partial charge in [-0.2, -0.15) is 0 Å². The average molecular weight is 362 g/mol. The largest absolute Gasteiger partial charge is 0.473 e. The fraction of sp³-hybridized carbons (Fsp3) is 0.409. The Morgan fingerprint density at radius 2 is 1.70 bits per heavy atom. The van der Waals surface area contributed by atoms with Crippen molar-refractivity contribution in [3.63, 3.8) is 0 Å². The summed E-state index contributed by atoms with van der Waals surface area (Å²) in [4.78, 5) is 4.19. The van der Waals surface area contributed by atoms with Crippen molar-refractivity contribution in [1.29, 1.82) is 0 Å². The Balaban J connectivity index is 1.51. The first-order valence-corrected chi connectivity index (χ1v) is 9.44. The van der Waals surface area contributed by atoms with E-state index < -0.39 is 0 Å². The van der Waals surface area contributed by atoms with Crippen LogP contribution in [-0.2, 0) is 0 Å². The van der Waals surface area contributed by atoms with Crippen LogP contribution in [0.4, 0.5) is 0 Å². The third-order valence-electron chi connectivity index (χ3n) is 5.02. The molecule has 5 nitrogen and oxygen atoms in total. The minimum atomic E-state index is 0.0406. The second-order valence-electron chi connectivity index (χ2n) is 8.74. The molecular formula is C22H26N4O. The lowest BCUT2D eigenvalue weighted by atomic mass is 9.81. The van der Waals surface area contributed by atoms with E-state index in [1.54, 1.807) is 6.20 Å². The minimum absolute atomic E-state index is 0.0406. The van der Waals surface area contributed by atoms with Crippen molar-refractivity contribution in [3.05, 3.63) is 48.8 Å². The van der Waals surface area contributed by atoms with E-state index in [4.69, 9.17) is 4.74 Å². The molecule has 0 spiro atoms. The van der Waals surface area contributed by atoms with Gasteiger partial charge in [0.1, 0.15) is 6.10 Å². The Kier molecular flexibility index (Phi) is 4.35. The smallest absolute Gasteiger partial charge is 0.233 e. The molecule has 1 aromatic carbocycles. The quantitative estimate of drug-likeness (QED) is 0.749. The van der Waals surface area contributed by atoms with Gasteiger partial charge in [0.15, 0.2) is 0 Å². The number of piperidine rings is 1. The molecule has 3 aromatic rings. The van der Waals surface area contributed by atoms with E-state index in [0.29, 0.717) is 5.88 Å². The molecule has 3 heterocycles. The maximum Gasteiger partial charge on any atom is 0.233 e. The summed E-state index contributed by atoms with van der Waals surface area (Å²) in [7, 11) is 0. The first-order chi connectivity index (χ1) is 12.8. The fourth-order valence-corrected chi connectivity index (χ4v) is 4.26. The zero-order valence-corrected chi connectivity index (χ0v) is 16.4. The summed E-state index contributed by atoms with van der Waals surface area (Å²) in [6.45, 7) is 8.86. The highest BCUT2D eigenvalue weighted by atomic mass is 16.5. The molecule has 0 unspecified atom stereocenters. The van der Waals surface area contributed by atoms with Crippen LogP contribution in [0.3, 0.4) is 0 Å². The predicted octanol–water partition coefficient (Wildman–Crippen LogP) is 4.38. The molecule has 1 fully saturated rings. The maximum atomic E-state index is 6.16. The van der Waals surface area contributed by atoms with Gasteiger partial charge in [-0.05, 0) is 51.3 Å². The topological polar surface area (TPSA) is 59.9 Å². The number of rotatable bonds is 3. The van der Waals surface area contributed by atoms with Gasteiger partial charge >= 0.3 is 0 Å². The minimum Gasteiger partial charge on any atom is -0.473 e. The number of nitrogens with one attached hydrogen (secondary N) is 1. The molecule has 0 radical (unpaired) electrons. The number of fused-ring (bicyclic) bond motifs is 1. The van der Waals surface area contributed by atoms with Crippen molar-refractivity contribution >= 4 is 10.8 Å². The van der Waals surface area contributed by atoms with Gasteiger partial charge in [0.25, 0.3) is 0 Å². The first-order valence-electron chi connectivity index (χ1n) is 9.44. The molecule has 5 heteroatoms. The van der Waals surface area contributed by atoms with Gasteiger partial charge in [-0.3, -0.25) is 4.98 Å². The van der Waals surface area contributed by atoms with E-state index in [1.807, 2.05) is 24.4 Å². The lowest BCUT2D eigenvalue weighted by molar-refractivity contribution is 0.0524. The third-order valence-corrected chi connectivity index (χ3v) is 5.02. The molecule has 1 aliphatic rings. The molecular weight excluding hydrogens is 336 g/mol. The zero-order chi connectivity index (χ0) is 19.1. The third kappa shape index (κ3) is 4.08. The molecule has 0 saturated carbocycles. The van der Waals surface area contributed by atoms with Crippen LogP contribution in [0.1, 0.15) is 40.5 Å². The summed E-state index contributed by atoms with van der Waals surface area (Å²) in [6.07, 6.45) is 5.68. The summed E-state index contributed by atoms with van der Waals surface area (Å²) in [5, 5.41) is 14.6. The normalized spacial score (nSPS) is 19.1. The SMILES string of the molecule is CC1(C)CC(Oc2ccc(-c3ccc4ccncc4c3)nn2)CC(C)(C)N1. The Morgan fingerprint density at radius 1 is 0.926 bits per heavy atom. The van der Waals surface area contributed by atoms with Crippen molar-refractivity contribution < 1.29 is 4.74 Å². The van der Waals surface area contributed by atoms with Gasteiger partial charge in [-0.1, -0.05) is 12.1 Å². The number of hydrogen-bond donors (Lipinski definition) is 1. The number of hydrogen-bond acceptors (Lipinski definition) is 5. The van der Waals surface area contributed by atoms with Gasteiger partial charge in [-0.25, -0.2) is 0 Å². The molecule has 140 valence electrons. The van der Waals surface area contributed by atoms with E-state index >= 15 is 0 Å². The molecule has 0 bridgehead atoms. The Bertz CT molecular complexity index is 934. The molecule has 1 saturated heterocycles. The van der Waals surface area contributed by atoms with Crippen LogP contribution >= 0.6 is 0 Å². The highest BCUT2D eigenvalue weighted by molar-refractivity contribution is 5.85. The Hall–Kier alpha value is -2.53. The van der Waals surface area contributed by atoms with Crippen LogP contribution in [0.2, 0.25) is 0 Å². The van der Waals surface area contributed by atoms with Crippen LogP contribution in [0.25, 0.3) is 22.0 Å². The van der Waals surface area contributed by atoms with Crippen molar-refractivity contribution in [2.24, 2.45) is 0 Å². The van der Waals surface area contributed by atoms with Crippen LogP contribution in [0.15, 0.2) is 48.8 Å². The van der Waals surface area contributed by atoms with Crippen molar-refractivity contribution in [2.75, 3.05) is 0 Å². The van der Waals surface area contributed by atoms with Gasteiger partial charge in [0, 0.05) is 53.3 Å². The summed E-state index contributed by atoms with van der Waals surface area (Å²) < 4.78 is 6.16. The number of benzene rings is 1. The lowest BCUT2D eigenvalue weighted by Gasteiger charge is -2.46. The summed E-state index contributed by atoms with van der Waals surface area (Å²) in [6, 6.07) is 12.1. The van der Waals surface area contributed by atoms with E-state index in [9.17, 15) is 0 Å². The van der Waals surface area contributed by atoms with Gasteiger partial charge in [0.2, 0.25) is 5.88 Å². The number of nitrogens with zero attached hydrogens (tertiary/aromatic N) is 3. The second kappa shape index (κ2) is 6.57.